The molecule has 3 aromatic rings. The van der Waals surface area contributed by atoms with Crippen LogP contribution in [-0.2, 0) is 6.42 Å². The van der Waals surface area contributed by atoms with Crippen molar-refractivity contribution in [1.29, 1.82) is 0 Å². The molecule has 0 bridgehead atoms. The van der Waals surface area contributed by atoms with Crippen LogP contribution >= 0.6 is 0 Å². The highest BCUT2D eigenvalue weighted by molar-refractivity contribution is 5.51. The predicted octanol–water partition coefficient (Wildman–Crippen LogP) is 2.58. The largest absolute Gasteiger partial charge is 0.478 e. The molecule has 1 aromatic carbocycles. The molecule has 2 aromatic heterocycles. The molecule has 0 unspecified atom stereocenters. The average Bonchev–Trinajstić information content (AvgIpc) is 3.05. The molecule has 0 saturated carbocycles. The molecule has 0 aliphatic rings. The minimum absolute atomic E-state index is 0.529. The van der Waals surface area contributed by atoms with Gasteiger partial charge in [0.15, 0.2) is 0 Å². The Kier molecular flexibility index (Phi) is 4.78. The minimum Gasteiger partial charge on any atom is -0.478 e. The Labute approximate surface area is 133 Å². The lowest BCUT2D eigenvalue weighted by Gasteiger charge is -2.05. The van der Waals surface area contributed by atoms with Crippen LogP contribution in [-0.4, -0.2) is 33.3 Å². The summed E-state index contributed by atoms with van der Waals surface area (Å²) in [6.07, 6.45) is 2.07. The van der Waals surface area contributed by atoms with Crippen LogP contribution in [0.5, 0.6) is 5.88 Å². The van der Waals surface area contributed by atoms with Gasteiger partial charge in [0.25, 0.3) is 0 Å². The van der Waals surface area contributed by atoms with Crippen molar-refractivity contribution in [2.75, 3.05) is 18.5 Å². The van der Waals surface area contributed by atoms with Crippen molar-refractivity contribution in [3.05, 3.63) is 48.6 Å². The van der Waals surface area contributed by atoms with E-state index in [0.29, 0.717) is 43.1 Å². The summed E-state index contributed by atoms with van der Waals surface area (Å²) in [5.74, 6) is 2.36. The number of hydrogen-bond acceptors (Lipinski definition) is 7. The average molecular weight is 311 g/mol. The Morgan fingerprint density at radius 2 is 2.00 bits per heavy atom. The van der Waals surface area contributed by atoms with E-state index in [2.05, 4.69) is 25.5 Å². The van der Waals surface area contributed by atoms with Crippen molar-refractivity contribution >= 4 is 5.82 Å². The van der Waals surface area contributed by atoms with Crippen LogP contribution in [0.1, 0.15) is 12.8 Å². The first-order chi connectivity index (χ1) is 11.3. The van der Waals surface area contributed by atoms with E-state index in [4.69, 9.17) is 9.15 Å². The fourth-order valence-electron chi connectivity index (χ4n) is 2.01. The van der Waals surface area contributed by atoms with Crippen LogP contribution in [0.15, 0.2) is 47.1 Å². The maximum absolute atomic E-state index is 5.65. The van der Waals surface area contributed by atoms with Crippen LogP contribution in [0, 0.1) is 0 Å². The van der Waals surface area contributed by atoms with Crippen molar-refractivity contribution in [3.63, 3.8) is 0 Å². The molecule has 118 valence electrons. The first-order valence-electron chi connectivity index (χ1n) is 7.41. The smallest absolute Gasteiger partial charge is 0.247 e. The third kappa shape index (κ3) is 4.03. The summed E-state index contributed by atoms with van der Waals surface area (Å²) in [5.41, 5.74) is 0.913. The standard InChI is InChI=1S/C16H17N5O2/c1-2-22-15-10-13(18-11-19-15)17-9-8-14-20-21-16(23-14)12-6-4-3-5-7-12/h3-7,10-11H,2,8-9H2,1H3,(H,17,18,19). The lowest BCUT2D eigenvalue weighted by molar-refractivity contribution is 0.326. The van der Waals surface area contributed by atoms with Gasteiger partial charge in [0.1, 0.15) is 12.1 Å². The lowest BCUT2D eigenvalue weighted by atomic mass is 10.2. The molecule has 23 heavy (non-hydrogen) atoms. The Morgan fingerprint density at radius 1 is 1.13 bits per heavy atom. The Bertz CT molecular complexity index is 745. The van der Waals surface area contributed by atoms with E-state index >= 15 is 0 Å². The van der Waals surface area contributed by atoms with Crippen molar-refractivity contribution < 1.29 is 9.15 Å². The second-order valence-corrected chi connectivity index (χ2v) is 4.72. The van der Waals surface area contributed by atoms with Crippen LogP contribution in [0.3, 0.4) is 0 Å². The lowest BCUT2D eigenvalue weighted by Crippen LogP contribution is -2.07. The highest BCUT2D eigenvalue weighted by Crippen LogP contribution is 2.17. The number of rotatable bonds is 7. The second kappa shape index (κ2) is 7.35. The number of aromatic nitrogens is 4. The van der Waals surface area contributed by atoms with Gasteiger partial charge >= 0.3 is 0 Å². The van der Waals surface area contributed by atoms with E-state index in [0.717, 1.165) is 5.56 Å². The normalized spacial score (nSPS) is 10.5. The first-order valence-corrected chi connectivity index (χ1v) is 7.41. The SMILES string of the molecule is CCOc1cc(NCCc2nnc(-c3ccccc3)o2)ncn1. The Balaban J connectivity index is 1.55. The molecule has 0 atom stereocenters. The zero-order valence-corrected chi connectivity index (χ0v) is 12.8. The van der Waals surface area contributed by atoms with Crippen molar-refractivity contribution in [2.24, 2.45) is 0 Å². The van der Waals surface area contributed by atoms with Gasteiger partial charge in [0.2, 0.25) is 17.7 Å². The van der Waals surface area contributed by atoms with E-state index in [1.54, 1.807) is 6.07 Å². The molecule has 0 amide bonds. The van der Waals surface area contributed by atoms with Gasteiger partial charge in [-0.05, 0) is 19.1 Å². The van der Waals surface area contributed by atoms with E-state index < -0.39 is 0 Å². The van der Waals surface area contributed by atoms with Crippen LogP contribution < -0.4 is 10.1 Å². The third-order valence-corrected chi connectivity index (χ3v) is 3.07. The number of benzene rings is 1. The van der Waals surface area contributed by atoms with E-state index in [1.165, 1.54) is 6.33 Å². The zero-order valence-electron chi connectivity index (χ0n) is 12.8. The Morgan fingerprint density at radius 3 is 2.83 bits per heavy atom. The number of ether oxygens (including phenoxy) is 1. The monoisotopic (exact) mass is 311 g/mol. The summed E-state index contributed by atoms with van der Waals surface area (Å²) < 4.78 is 11.0. The molecular weight excluding hydrogens is 294 g/mol. The maximum Gasteiger partial charge on any atom is 0.247 e. The summed E-state index contributed by atoms with van der Waals surface area (Å²) in [6, 6.07) is 11.4. The molecule has 0 aliphatic carbocycles. The summed E-state index contributed by atoms with van der Waals surface area (Å²) in [6.45, 7) is 3.11. The molecule has 0 fully saturated rings. The number of hydrogen-bond donors (Lipinski definition) is 1. The molecule has 1 N–H and O–H groups in total. The molecular formula is C16H17N5O2. The Hall–Kier alpha value is -2.96. The molecule has 7 nitrogen and oxygen atoms in total. The van der Waals surface area contributed by atoms with Crippen molar-refractivity contribution in [3.8, 4) is 17.3 Å². The van der Waals surface area contributed by atoms with E-state index in [1.807, 2.05) is 37.3 Å². The van der Waals surface area contributed by atoms with Crippen molar-refractivity contribution in [1.82, 2.24) is 20.2 Å². The van der Waals surface area contributed by atoms with Gasteiger partial charge in [-0.3, -0.25) is 0 Å². The second-order valence-electron chi connectivity index (χ2n) is 4.72. The van der Waals surface area contributed by atoms with E-state index in [9.17, 15) is 0 Å². The quantitative estimate of drug-likeness (QED) is 0.717. The highest BCUT2D eigenvalue weighted by Gasteiger charge is 2.08. The molecule has 0 saturated heterocycles. The van der Waals surface area contributed by atoms with Crippen LogP contribution in [0.4, 0.5) is 5.82 Å². The molecule has 0 aliphatic heterocycles. The third-order valence-electron chi connectivity index (χ3n) is 3.07. The van der Waals surface area contributed by atoms with Gasteiger partial charge in [0, 0.05) is 24.6 Å². The molecule has 7 heteroatoms. The fourth-order valence-corrected chi connectivity index (χ4v) is 2.01. The van der Waals surface area contributed by atoms with Gasteiger partial charge in [-0.2, -0.15) is 0 Å². The highest BCUT2D eigenvalue weighted by atomic mass is 16.5. The number of nitrogens with zero attached hydrogens (tertiary/aromatic N) is 4. The van der Waals surface area contributed by atoms with Crippen LogP contribution in [0.25, 0.3) is 11.5 Å². The first kappa shape index (κ1) is 15.0. The molecule has 3 rings (SSSR count). The zero-order chi connectivity index (χ0) is 15.9. The topological polar surface area (TPSA) is 86.0 Å². The van der Waals surface area contributed by atoms with Gasteiger partial charge in [-0.25, -0.2) is 9.97 Å². The van der Waals surface area contributed by atoms with Gasteiger partial charge in [-0.15, -0.1) is 10.2 Å². The predicted molar refractivity (Wildman–Crippen MR) is 85.1 cm³/mol. The number of nitrogens with one attached hydrogen (secondary N) is 1. The molecule has 0 spiro atoms. The van der Waals surface area contributed by atoms with E-state index in [-0.39, 0.29) is 0 Å². The van der Waals surface area contributed by atoms with Crippen LogP contribution in [0.2, 0.25) is 0 Å². The molecule has 2 heterocycles. The molecule has 0 radical (unpaired) electrons. The van der Waals surface area contributed by atoms with Gasteiger partial charge in [0.05, 0.1) is 6.61 Å². The summed E-state index contributed by atoms with van der Waals surface area (Å²) >= 11 is 0. The van der Waals surface area contributed by atoms with Gasteiger partial charge in [-0.1, -0.05) is 18.2 Å². The minimum atomic E-state index is 0.529. The summed E-state index contributed by atoms with van der Waals surface area (Å²) in [4.78, 5) is 8.15. The summed E-state index contributed by atoms with van der Waals surface area (Å²) in [7, 11) is 0. The van der Waals surface area contributed by atoms with Crippen molar-refractivity contribution in [2.45, 2.75) is 13.3 Å². The maximum atomic E-state index is 5.65. The summed E-state index contributed by atoms with van der Waals surface area (Å²) in [5, 5.41) is 11.3. The number of anilines is 1. The fraction of sp³-hybridized carbons (Fsp3) is 0.250. The van der Waals surface area contributed by atoms with Gasteiger partial charge < -0.3 is 14.5 Å².